The van der Waals surface area contributed by atoms with Crippen molar-refractivity contribution in [1.82, 2.24) is 0 Å². The molecule has 1 atom stereocenters. The summed E-state index contributed by atoms with van der Waals surface area (Å²) in [7, 11) is 0. The van der Waals surface area contributed by atoms with Crippen LogP contribution in [0.15, 0.2) is 30.8 Å². The van der Waals surface area contributed by atoms with Crippen LogP contribution in [0.4, 0.5) is 0 Å². The summed E-state index contributed by atoms with van der Waals surface area (Å²) in [6.45, 7) is 10.6. The summed E-state index contributed by atoms with van der Waals surface area (Å²) in [5.41, 5.74) is 2.21. The van der Waals surface area contributed by atoms with Crippen LogP contribution in [0.3, 0.4) is 0 Å². The fourth-order valence-corrected chi connectivity index (χ4v) is 4.35. The molecule has 1 nitrogen and oxygen atoms in total. The highest BCUT2D eigenvalue weighted by Crippen LogP contribution is 2.26. The molecule has 0 aliphatic heterocycles. The molecule has 0 spiro atoms. The van der Waals surface area contributed by atoms with Crippen LogP contribution in [-0.2, 0) is 0 Å². The summed E-state index contributed by atoms with van der Waals surface area (Å²) in [5, 5.41) is 0. The maximum atomic E-state index is 6.17. The molecule has 0 aliphatic carbocycles. The Labute approximate surface area is 195 Å². The topological polar surface area (TPSA) is 9.23 Å². The van der Waals surface area contributed by atoms with Crippen LogP contribution in [-0.4, -0.2) is 6.10 Å². The van der Waals surface area contributed by atoms with Crippen molar-refractivity contribution in [2.24, 2.45) is 0 Å². The lowest BCUT2D eigenvalue weighted by Crippen LogP contribution is -2.12. The van der Waals surface area contributed by atoms with Crippen LogP contribution in [0.2, 0.25) is 0 Å². The average Bonchev–Trinajstić information content (AvgIpc) is 2.76. The van der Waals surface area contributed by atoms with Crippen LogP contribution in [0.5, 0.6) is 5.75 Å². The molecule has 1 aromatic rings. The number of allylic oxidation sites excluding steroid dienone is 1. The minimum atomic E-state index is 0.275. The van der Waals surface area contributed by atoms with Crippen molar-refractivity contribution in [3.8, 4) is 5.75 Å². The molecule has 0 N–H and O–H groups in total. The van der Waals surface area contributed by atoms with Crippen molar-refractivity contribution >= 4 is 5.57 Å². The highest BCUT2D eigenvalue weighted by molar-refractivity contribution is 5.66. The Bertz CT molecular complexity index is 547. The van der Waals surface area contributed by atoms with Gasteiger partial charge in [-0.2, -0.15) is 0 Å². The van der Waals surface area contributed by atoms with Crippen molar-refractivity contribution in [2.45, 2.75) is 142 Å². The van der Waals surface area contributed by atoms with Gasteiger partial charge in [-0.25, -0.2) is 0 Å². The van der Waals surface area contributed by atoms with Crippen molar-refractivity contribution in [3.63, 3.8) is 0 Å². The monoisotopic (exact) mass is 428 g/mol. The lowest BCUT2D eigenvalue weighted by Gasteiger charge is -2.17. The van der Waals surface area contributed by atoms with E-state index in [2.05, 4.69) is 38.6 Å². The van der Waals surface area contributed by atoms with Gasteiger partial charge in [0.2, 0.25) is 0 Å². The SMILES string of the molecule is C=C(C)c1ccccc1OC(C)CCCCCCCCCCCCCCCCCCC. The molecule has 31 heavy (non-hydrogen) atoms. The van der Waals surface area contributed by atoms with E-state index in [1.54, 1.807) is 0 Å². The lowest BCUT2D eigenvalue weighted by atomic mass is 10.0. The van der Waals surface area contributed by atoms with E-state index in [9.17, 15) is 0 Å². The Morgan fingerprint density at radius 2 is 1.13 bits per heavy atom. The van der Waals surface area contributed by atoms with Gasteiger partial charge in [-0.1, -0.05) is 134 Å². The zero-order chi connectivity index (χ0) is 22.6. The molecular formula is C30H52O. The van der Waals surface area contributed by atoms with Gasteiger partial charge in [0.25, 0.3) is 0 Å². The molecule has 178 valence electrons. The maximum Gasteiger partial charge on any atom is 0.127 e. The first kappa shape index (κ1) is 27.8. The Balaban J connectivity index is 1.87. The van der Waals surface area contributed by atoms with E-state index < -0.39 is 0 Å². The summed E-state index contributed by atoms with van der Waals surface area (Å²) in [4.78, 5) is 0. The molecule has 0 aromatic heterocycles. The van der Waals surface area contributed by atoms with Crippen molar-refractivity contribution in [2.75, 3.05) is 0 Å². The first-order valence-corrected chi connectivity index (χ1v) is 13.6. The van der Waals surface area contributed by atoms with Gasteiger partial charge in [-0.15, -0.1) is 0 Å². The highest BCUT2D eigenvalue weighted by Gasteiger charge is 2.08. The summed E-state index contributed by atoms with van der Waals surface area (Å²) < 4.78 is 6.17. The second-order valence-corrected chi connectivity index (χ2v) is 9.65. The molecule has 1 unspecified atom stereocenters. The molecule has 1 rings (SSSR count). The molecule has 0 fully saturated rings. The molecule has 0 radical (unpaired) electrons. The maximum absolute atomic E-state index is 6.17. The van der Waals surface area contributed by atoms with Gasteiger partial charge in [0.15, 0.2) is 0 Å². The average molecular weight is 429 g/mol. The number of hydrogen-bond donors (Lipinski definition) is 0. The minimum absolute atomic E-state index is 0.275. The molecule has 1 aromatic carbocycles. The molecular weight excluding hydrogens is 376 g/mol. The molecule has 0 saturated heterocycles. The standard InChI is InChI=1S/C30H52O/c1-5-6-7-8-9-10-11-12-13-14-15-16-17-18-19-20-21-24-28(4)31-30-26-23-22-25-29(30)27(2)3/h22-23,25-26,28H,2,5-21,24H2,1,3-4H3. The zero-order valence-electron chi connectivity index (χ0n) is 21.2. The van der Waals surface area contributed by atoms with Gasteiger partial charge < -0.3 is 4.74 Å². The van der Waals surface area contributed by atoms with E-state index >= 15 is 0 Å². The van der Waals surface area contributed by atoms with E-state index in [-0.39, 0.29) is 6.10 Å². The van der Waals surface area contributed by atoms with E-state index in [0.717, 1.165) is 23.3 Å². The van der Waals surface area contributed by atoms with E-state index in [1.165, 1.54) is 109 Å². The van der Waals surface area contributed by atoms with E-state index in [1.807, 2.05) is 13.0 Å². The molecule has 0 aliphatic rings. The number of benzene rings is 1. The van der Waals surface area contributed by atoms with E-state index in [0.29, 0.717) is 0 Å². The quantitative estimate of drug-likeness (QED) is 0.177. The summed E-state index contributed by atoms with van der Waals surface area (Å²) >= 11 is 0. The molecule has 0 heterocycles. The van der Waals surface area contributed by atoms with Crippen molar-refractivity contribution < 1.29 is 4.74 Å². The fraction of sp³-hybridized carbons (Fsp3) is 0.733. The van der Waals surface area contributed by atoms with Gasteiger partial charge in [0, 0.05) is 5.56 Å². The predicted molar refractivity (Wildman–Crippen MR) is 140 cm³/mol. The van der Waals surface area contributed by atoms with Gasteiger partial charge in [-0.3, -0.25) is 0 Å². The predicted octanol–water partition coefficient (Wildman–Crippen LogP) is 10.5. The Kier molecular flexibility index (Phi) is 17.4. The molecule has 0 saturated carbocycles. The summed E-state index contributed by atoms with van der Waals surface area (Å²) in [6.07, 6.45) is 25.6. The fourth-order valence-electron chi connectivity index (χ4n) is 4.35. The van der Waals surface area contributed by atoms with E-state index in [4.69, 9.17) is 4.74 Å². The van der Waals surface area contributed by atoms with Crippen molar-refractivity contribution in [3.05, 3.63) is 36.4 Å². The third kappa shape index (κ3) is 15.2. The van der Waals surface area contributed by atoms with Gasteiger partial charge in [0.05, 0.1) is 6.10 Å². The molecule has 0 amide bonds. The van der Waals surface area contributed by atoms with Crippen LogP contribution in [0.25, 0.3) is 5.57 Å². The van der Waals surface area contributed by atoms with Crippen molar-refractivity contribution in [1.29, 1.82) is 0 Å². The van der Waals surface area contributed by atoms with Gasteiger partial charge in [0.1, 0.15) is 5.75 Å². The smallest absolute Gasteiger partial charge is 0.127 e. The number of unbranched alkanes of at least 4 members (excludes halogenated alkanes) is 16. The minimum Gasteiger partial charge on any atom is -0.490 e. The van der Waals surface area contributed by atoms with Crippen LogP contribution in [0, 0.1) is 0 Å². The van der Waals surface area contributed by atoms with Crippen LogP contribution >= 0.6 is 0 Å². The first-order valence-electron chi connectivity index (χ1n) is 13.6. The number of para-hydroxylation sites is 1. The highest BCUT2D eigenvalue weighted by atomic mass is 16.5. The largest absolute Gasteiger partial charge is 0.490 e. The second-order valence-electron chi connectivity index (χ2n) is 9.65. The summed E-state index contributed by atoms with van der Waals surface area (Å²) in [5.74, 6) is 0.981. The number of hydrogen-bond acceptors (Lipinski definition) is 1. The van der Waals surface area contributed by atoms with Crippen LogP contribution < -0.4 is 4.74 Å². The Morgan fingerprint density at radius 3 is 1.58 bits per heavy atom. The normalized spacial score (nSPS) is 12.1. The Morgan fingerprint density at radius 1 is 0.710 bits per heavy atom. The zero-order valence-corrected chi connectivity index (χ0v) is 21.2. The third-order valence-electron chi connectivity index (χ3n) is 6.39. The first-order chi connectivity index (χ1) is 15.1. The second kappa shape index (κ2) is 19.4. The molecule has 0 bridgehead atoms. The van der Waals surface area contributed by atoms with Gasteiger partial charge >= 0.3 is 0 Å². The van der Waals surface area contributed by atoms with Crippen LogP contribution in [0.1, 0.15) is 142 Å². The number of ether oxygens (including phenoxy) is 1. The number of rotatable bonds is 21. The van der Waals surface area contributed by atoms with Gasteiger partial charge in [-0.05, 0) is 38.3 Å². The Hall–Kier alpha value is -1.24. The third-order valence-corrected chi connectivity index (χ3v) is 6.39. The summed E-state index contributed by atoms with van der Waals surface area (Å²) in [6, 6.07) is 8.26. The molecule has 1 heteroatoms. The lowest BCUT2D eigenvalue weighted by molar-refractivity contribution is 0.205.